The highest BCUT2D eigenvalue weighted by Gasteiger charge is 2.19. The molecule has 0 aliphatic carbocycles. The molecule has 10 rings (SSSR count). The third kappa shape index (κ3) is 4.33. The predicted molar refractivity (Wildman–Crippen MR) is 208 cm³/mol. The van der Waals surface area contributed by atoms with Crippen LogP contribution in [-0.2, 0) is 0 Å². The molecular formula is C48H30O. The lowest BCUT2D eigenvalue weighted by Crippen LogP contribution is -1.91. The average molecular weight is 623 g/mol. The molecule has 1 heterocycles. The zero-order valence-electron chi connectivity index (χ0n) is 26.7. The number of fused-ring (bicyclic) bond motifs is 6. The van der Waals surface area contributed by atoms with Crippen molar-refractivity contribution in [1.82, 2.24) is 0 Å². The van der Waals surface area contributed by atoms with Crippen LogP contribution < -0.4 is 0 Å². The highest BCUT2D eigenvalue weighted by atomic mass is 16.3. The number of benzene rings is 9. The van der Waals surface area contributed by atoms with Gasteiger partial charge in [-0.1, -0.05) is 170 Å². The fraction of sp³-hybridized carbons (Fsp3) is 0. The summed E-state index contributed by atoms with van der Waals surface area (Å²) < 4.78 is 6.44. The molecule has 9 aromatic carbocycles. The van der Waals surface area contributed by atoms with Crippen LogP contribution in [0.5, 0.6) is 0 Å². The van der Waals surface area contributed by atoms with E-state index in [2.05, 4.69) is 182 Å². The number of hydrogen-bond donors (Lipinski definition) is 0. The van der Waals surface area contributed by atoms with Gasteiger partial charge < -0.3 is 4.42 Å². The Morgan fingerprint density at radius 3 is 1.31 bits per heavy atom. The Morgan fingerprint density at radius 2 is 0.694 bits per heavy atom. The van der Waals surface area contributed by atoms with E-state index < -0.39 is 0 Å². The molecule has 228 valence electrons. The van der Waals surface area contributed by atoms with E-state index in [1.165, 1.54) is 76.8 Å². The van der Waals surface area contributed by atoms with Crippen LogP contribution in [0.3, 0.4) is 0 Å². The van der Waals surface area contributed by atoms with E-state index in [4.69, 9.17) is 4.42 Å². The second kappa shape index (κ2) is 11.1. The maximum absolute atomic E-state index is 6.44. The first-order chi connectivity index (χ1) is 24.3. The number of rotatable bonds is 4. The van der Waals surface area contributed by atoms with Crippen molar-refractivity contribution >= 4 is 54.3 Å². The molecule has 0 atom stereocenters. The van der Waals surface area contributed by atoms with Gasteiger partial charge in [0.25, 0.3) is 0 Å². The molecular weight excluding hydrogens is 593 g/mol. The fourth-order valence-electron chi connectivity index (χ4n) is 7.95. The van der Waals surface area contributed by atoms with Gasteiger partial charge in [-0.3, -0.25) is 0 Å². The Hall–Kier alpha value is -6.44. The summed E-state index contributed by atoms with van der Waals surface area (Å²) in [6, 6.07) is 65.6. The van der Waals surface area contributed by atoms with Gasteiger partial charge in [-0.05, 0) is 89.0 Å². The van der Waals surface area contributed by atoms with Gasteiger partial charge in [0.15, 0.2) is 0 Å². The molecule has 0 amide bonds. The van der Waals surface area contributed by atoms with Gasteiger partial charge in [0.05, 0.1) is 0 Å². The molecule has 1 aromatic heterocycles. The Labute approximate surface area is 284 Å². The van der Waals surface area contributed by atoms with E-state index in [1.807, 2.05) is 0 Å². The highest BCUT2D eigenvalue weighted by Crippen LogP contribution is 2.46. The first-order valence-corrected chi connectivity index (χ1v) is 16.9. The van der Waals surface area contributed by atoms with Crippen molar-refractivity contribution in [1.29, 1.82) is 0 Å². The van der Waals surface area contributed by atoms with Crippen LogP contribution in [0.15, 0.2) is 186 Å². The van der Waals surface area contributed by atoms with Crippen molar-refractivity contribution in [2.24, 2.45) is 0 Å². The van der Waals surface area contributed by atoms with Gasteiger partial charge in [0.2, 0.25) is 0 Å². The molecule has 0 unspecified atom stereocenters. The van der Waals surface area contributed by atoms with Gasteiger partial charge in [0.1, 0.15) is 11.2 Å². The van der Waals surface area contributed by atoms with Gasteiger partial charge in [0, 0.05) is 10.8 Å². The SMILES string of the molecule is c1ccc(-c2cccc3oc4cccc(-c5ccc(-c6c7ccccc7c(-c7cccc8ccccc78)c7ccccc67)cc5)c4c23)cc1. The molecule has 0 bridgehead atoms. The first-order valence-electron chi connectivity index (χ1n) is 16.9. The van der Waals surface area contributed by atoms with E-state index in [0.29, 0.717) is 0 Å². The third-order valence-electron chi connectivity index (χ3n) is 10.1. The topological polar surface area (TPSA) is 13.1 Å². The minimum absolute atomic E-state index is 0.904. The number of hydrogen-bond acceptors (Lipinski definition) is 1. The molecule has 0 fully saturated rings. The predicted octanol–water partition coefficient (Wildman–Crippen LogP) is 13.7. The molecule has 49 heavy (non-hydrogen) atoms. The molecule has 10 aromatic rings. The van der Waals surface area contributed by atoms with E-state index in [-0.39, 0.29) is 0 Å². The lowest BCUT2D eigenvalue weighted by atomic mass is 9.84. The normalized spacial score (nSPS) is 11.7. The molecule has 0 aliphatic rings. The monoisotopic (exact) mass is 622 g/mol. The van der Waals surface area contributed by atoms with Crippen LogP contribution in [0.25, 0.3) is 98.8 Å². The van der Waals surface area contributed by atoms with Crippen molar-refractivity contribution in [2.75, 3.05) is 0 Å². The second-order valence-corrected chi connectivity index (χ2v) is 12.8. The summed E-state index contributed by atoms with van der Waals surface area (Å²) in [5, 5.41) is 9.88. The largest absolute Gasteiger partial charge is 0.456 e. The summed E-state index contributed by atoms with van der Waals surface area (Å²) in [7, 11) is 0. The van der Waals surface area contributed by atoms with Crippen LogP contribution in [0.4, 0.5) is 0 Å². The second-order valence-electron chi connectivity index (χ2n) is 12.8. The van der Waals surface area contributed by atoms with Crippen LogP contribution in [0, 0.1) is 0 Å². The summed E-state index contributed by atoms with van der Waals surface area (Å²) in [6.45, 7) is 0. The van der Waals surface area contributed by atoms with Crippen LogP contribution in [0.1, 0.15) is 0 Å². The Bertz CT molecular complexity index is 2790. The zero-order chi connectivity index (χ0) is 32.3. The Kier molecular flexibility index (Phi) is 6.25. The number of furan rings is 1. The highest BCUT2D eigenvalue weighted by molar-refractivity contribution is 6.24. The molecule has 0 N–H and O–H groups in total. The molecule has 0 radical (unpaired) electrons. The standard InChI is InChI=1S/C48H30O/c1-2-13-32(14-3-1)36-22-11-25-43-47(36)48-37(23-12-26-44(48)49-43)33-27-29-34(30-28-33)45-39-18-6-8-20-41(39)46(42-21-9-7-19-40(42)45)38-24-10-16-31-15-4-5-17-35(31)38/h1-30H. The van der Waals surface area contributed by atoms with Gasteiger partial charge in [-0.15, -0.1) is 0 Å². The molecule has 0 saturated carbocycles. The molecule has 0 aliphatic heterocycles. The minimum Gasteiger partial charge on any atom is -0.456 e. The van der Waals surface area contributed by atoms with Crippen molar-refractivity contribution in [3.8, 4) is 44.5 Å². The minimum atomic E-state index is 0.904. The Morgan fingerprint density at radius 1 is 0.265 bits per heavy atom. The smallest absolute Gasteiger partial charge is 0.136 e. The molecule has 1 heteroatoms. The van der Waals surface area contributed by atoms with Crippen molar-refractivity contribution < 1.29 is 4.42 Å². The summed E-state index contributed by atoms with van der Waals surface area (Å²) in [5.74, 6) is 0. The molecule has 1 nitrogen and oxygen atoms in total. The van der Waals surface area contributed by atoms with Crippen molar-refractivity contribution in [3.63, 3.8) is 0 Å². The maximum Gasteiger partial charge on any atom is 0.136 e. The third-order valence-corrected chi connectivity index (χ3v) is 10.1. The first kappa shape index (κ1) is 27.7. The summed E-state index contributed by atoms with van der Waals surface area (Å²) >= 11 is 0. The Balaban J connectivity index is 1.18. The lowest BCUT2D eigenvalue weighted by molar-refractivity contribution is 0.669. The summed E-state index contributed by atoms with van der Waals surface area (Å²) in [6.07, 6.45) is 0. The molecule has 0 saturated heterocycles. The van der Waals surface area contributed by atoms with Crippen LogP contribution in [0.2, 0.25) is 0 Å². The van der Waals surface area contributed by atoms with Gasteiger partial charge in [-0.25, -0.2) is 0 Å². The van der Waals surface area contributed by atoms with Gasteiger partial charge in [-0.2, -0.15) is 0 Å². The van der Waals surface area contributed by atoms with E-state index in [9.17, 15) is 0 Å². The van der Waals surface area contributed by atoms with E-state index in [1.54, 1.807) is 0 Å². The van der Waals surface area contributed by atoms with Crippen molar-refractivity contribution in [3.05, 3.63) is 182 Å². The van der Waals surface area contributed by atoms with Crippen LogP contribution in [-0.4, -0.2) is 0 Å². The van der Waals surface area contributed by atoms with E-state index in [0.717, 1.165) is 21.9 Å². The van der Waals surface area contributed by atoms with E-state index >= 15 is 0 Å². The van der Waals surface area contributed by atoms with Crippen LogP contribution >= 0.6 is 0 Å². The molecule has 0 spiro atoms. The maximum atomic E-state index is 6.44. The average Bonchev–Trinajstić information content (AvgIpc) is 3.57. The quantitative estimate of drug-likeness (QED) is 0.178. The summed E-state index contributed by atoms with van der Waals surface area (Å²) in [4.78, 5) is 0. The fourth-order valence-corrected chi connectivity index (χ4v) is 7.95. The lowest BCUT2D eigenvalue weighted by Gasteiger charge is -2.19. The zero-order valence-corrected chi connectivity index (χ0v) is 26.7. The van der Waals surface area contributed by atoms with Crippen molar-refractivity contribution in [2.45, 2.75) is 0 Å². The van der Waals surface area contributed by atoms with Gasteiger partial charge >= 0.3 is 0 Å². The summed E-state index contributed by atoms with van der Waals surface area (Å²) in [5.41, 5.74) is 11.5.